The Morgan fingerprint density at radius 3 is 2.70 bits per heavy atom. The zero-order valence-corrected chi connectivity index (χ0v) is 11.5. The highest BCUT2D eigenvalue weighted by Gasteiger charge is 2.31. The predicted molar refractivity (Wildman–Crippen MR) is 74.0 cm³/mol. The third-order valence-electron chi connectivity index (χ3n) is 3.51. The first-order chi connectivity index (χ1) is 9.44. The lowest BCUT2D eigenvalue weighted by molar-refractivity contribution is -0.0431. The van der Waals surface area contributed by atoms with Gasteiger partial charge in [-0.2, -0.15) is 0 Å². The lowest BCUT2D eigenvalue weighted by Gasteiger charge is -2.23. The van der Waals surface area contributed by atoms with Gasteiger partial charge in [0, 0.05) is 26.9 Å². The smallest absolute Gasteiger partial charge is 0.407 e. The molecule has 2 aliphatic rings. The average molecular weight is 275 g/mol. The van der Waals surface area contributed by atoms with Crippen LogP contribution >= 0.6 is 0 Å². The van der Waals surface area contributed by atoms with Crippen molar-refractivity contribution in [3.05, 3.63) is 29.8 Å². The lowest BCUT2D eigenvalue weighted by atomic mass is 9.99. The molecule has 2 aliphatic heterocycles. The summed E-state index contributed by atoms with van der Waals surface area (Å²) in [5.41, 5.74) is 2.22. The molecule has 0 aromatic heterocycles. The topological polar surface area (TPSA) is 59.0 Å². The molecule has 1 aromatic carbocycles. The first kappa shape index (κ1) is 12.8. The lowest BCUT2D eigenvalue weighted by Crippen LogP contribution is -2.33. The van der Waals surface area contributed by atoms with E-state index < -0.39 is 11.9 Å². The Morgan fingerprint density at radius 2 is 2.05 bits per heavy atom. The molecule has 1 aromatic rings. The van der Waals surface area contributed by atoms with Gasteiger partial charge >= 0.3 is 6.09 Å². The number of ether oxygens (including phenoxy) is 2. The van der Waals surface area contributed by atoms with E-state index >= 15 is 0 Å². The van der Waals surface area contributed by atoms with E-state index in [1.165, 1.54) is 4.90 Å². The van der Waals surface area contributed by atoms with Crippen molar-refractivity contribution >= 4 is 11.7 Å². The van der Waals surface area contributed by atoms with E-state index in [1.807, 2.05) is 38.1 Å². The van der Waals surface area contributed by atoms with Gasteiger partial charge in [-0.25, -0.2) is 4.79 Å². The van der Waals surface area contributed by atoms with Crippen LogP contribution in [-0.2, 0) is 0 Å². The number of nitrogens with zero attached hydrogens (tertiary/aromatic N) is 1. The second-order valence-electron chi connectivity index (χ2n) is 5.47. The summed E-state index contributed by atoms with van der Waals surface area (Å²) >= 11 is 0. The monoisotopic (exact) mass is 275 g/mol. The van der Waals surface area contributed by atoms with Crippen LogP contribution in [0.3, 0.4) is 0 Å². The highest BCUT2D eigenvalue weighted by molar-refractivity contribution is 5.72. The SMILES string of the molecule is CC1(C)Oc2ccc(C3=CCN(C(=O)O)CC3)cc2O1. The predicted octanol–water partition coefficient (Wildman–Crippen LogP) is 2.96. The third kappa shape index (κ3) is 2.31. The first-order valence-corrected chi connectivity index (χ1v) is 6.64. The van der Waals surface area contributed by atoms with E-state index in [0.717, 1.165) is 29.1 Å². The van der Waals surface area contributed by atoms with Crippen molar-refractivity contribution in [2.24, 2.45) is 0 Å². The van der Waals surface area contributed by atoms with E-state index in [-0.39, 0.29) is 0 Å². The van der Waals surface area contributed by atoms with Gasteiger partial charge in [-0.15, -0.1) is 0 Å². The fourth-order valence-electron chi connectivity index (χ4n) is 2.53. The summed E-state index contributed by atoms with van der Waals surface area (Å²) in [4.78, 5) is 12.3. The number of rotatable bonds is 1. The van der Waals surface area contributed by atoms with Crippen LogP contribution in [0.2, 0.25) is 0 Å². The molecule has 106 valence electrons. The van der Waals surface area contributed by atoms with E-state index in [9.17, 15) is 4.79 Å². The summed E-state index contributed by atoms with van der Waals surface area (Å²) in [5, 5.41) is 8.94. The van der Waals surface area contributed by atoms with Crippen molar-refractivity contribution in [2.75, 3.05) is 13.1 Å². The van der Waals surface area contributed by atoms with Crippen LogP contribution in [0.15, 0.2) is 24.3 Å². The molecule has 0 aliphatic carbocycles. The van der Waals surface area contributed by atoms with Crippen LogP contribution in [0.5, 0.6) is 11.5 Å². The van der Waals surface area contributed by atoms with Gasteiger partial charge in [0.05, 0.1) is 0 Å². The minimum absolute atomic E-state index is 0.435. The molecule has 5 nitrogen and oxygen atoms in total. The molecule has 20 heavy (non-hydrogen) atoms. The van der Waals surface area contributed by atoms with E-state index in [1.54, 1.807) is 0 Å². The maximum Gasteiger partial charge on any atom is 0.407 e. The summed E-state index contributed by atoms with van der Waals surface area (Å²) in [7, 11) is 0. The van der Waals surface area contributed by atoms with Crippen molar-refractivity contribution < 1.29 is 19.4 Å². The first-order valence-electron chi connectivity index (χ1n) is 6.64. The standard InChI is InChI=1S/C15H17NO4/c1-15(2)19-12-4-3-11(9-13(12)20-15)10-5-7-16(8-6-10)14(17)18/h3-5,9H,6-8H2,1-2H3,(H,17,18). The molecular formula is C15H17NO4. The number of fused-ring (bicyclic) bond motifs is 1. The minimum atomic E-state index is -0.868. The number of hydrogen-bond donors (Lipinski definition) is 1. The number of amides is 1. The molecule has 2 heterocycles. The van der Waals surface area contributed by atoms with Gasteiger partial charge in [0.15, 0.2) is 11.5 Å². The fourth-order valence-corrected chi connectivity index (χ4v) is 2.53. The molecule has 0 radical (unpaired) electrons. The second-order valence-corrected chi connectivity index (χ2v) is 5.47. The fraction of sp³-hybridized carbons (Fsp3) is 0.400. The van der Waals surface area contributed by atoms with Crippen LogP contribution in [0.25, 0.3) is 5.57 Å². The van der Waals surface area contributed by atoms with Crippen LogP contribution in [0, 0.1) is 0 Å². The van der Waals surface area contributed by atoms with Crippen molar-refractivity contribution in [2.45, 2.75) is 26.1 Å². The molecule has 0 saturated heterocycles. The Kier molecular flexibility index (Phi) is 2.85. The summed E-state index contributed by atoms with van der Waals surface area (Å²) in [6.45, 7) is 4.71. The summed E-state index contributed by atoms with van der Waals surface area (Å²) < 4.78 is 11.4. The van der Waals surface area contributed by atoms with Gasteiger partial charge in [-0.3, -0.25) is 0 Å². The number of benzene rings is 1. The van der Waals surface area contributed by atoms with Crippen LogP contribution < -0.4 is 9.47 Å². The molecule has 0 saturated carbocycles. The second kappa shape index (κ2) is 4.44. The molecule has 5 heteroatoms. The Balaban J connectivity index is 1.82. The number of hydrogen-bond acceptors (Lipinski definition) is 3. The normalized spacial score (nSPS) is 19.7. The van der Waals surface area contributed by atoms with Crippen molar-refractivity contribution in [1.29, 1.82) is 0 Å². The van der Waals surface area contributed by atoms with E-state index in [0.29, 0.717) is 13.1 Å². The van der Waals surface area contributed by atoms with Gasteiger partial charge in [0.1, 0.15) is 0 Å². The highest BCUT2D eigenvalue weighted by Crippen LogP contribution is 2.41. The molecule has 0 atom stereocenters. The number of carbonyl (C=O) groups is 1. The van der Waals surface area contributed by atoms with Crippen LogP contribution in [-0.4, -0.2) is 35.0 Å². The zero-order chi connectivity index (χ0) is 14.3. The summed E-state index contributed by atoms with van der Waals surface area (Å²) in [6.07, 6.45) is 1.81. The van der Waals surface area contributed by atoms with Gasteiger partial charge in [-0.1, -0.05) is 12.1 Å². The molecule has 0 unspecified atom stereocenters. The van der Waals surface area contributed by atoms with Crippen molar-refractivity contribution in [3.8, 4) is 11.5 Å². The average Bonchev–Trinajstić information content (AvgIpc) is 2.71. The largest absolute Gasteiger partial charge is 0.465 e. The molecule has 3 rings (SSSR count). The van der Waals surface area contributed by atoms with Gasteiger partial charge < -0.3 is 19.5 Å². The quantitative estimate of drug-likeness (QED) is 0.856. The number of carboxylic acid groups (broad SMARTS) is 1. The Hall–Kier alpha value is -2.17. The van der Waals surface area contributed by atoms with Crippen molar-refractivity contribution in [3.63, 3.8) is 0 Å². The molecular weight excluding hydrogens is 258 g/mol. The molecule has 1 amide bonds. The van der Waals surface area contributed by atoms with Gasteiger partial charge in [0.25, 0.3) is 0 Å². The minimum Gasteiger partial charge on any atom is -0.465 e. The molecule has 1 N–H and O–H groups in total. The molecule has 0 bridgehead atoms. The Labute approximate surface area is 117 Å². The molecule has 0 spiro atoms. The van der Waals surface area contributed by atoms with Gasteiger partial charge in [0.2, 0.25) is 5.79 Å². The van der Waals surface area contributed by atoms with E-state index in [4.69, 9.17) is 14.6 Å². The zero-order valence-electron chi connectivity index (χ0n) is 11.5. The van der Waals surface area contributed by atoms with Crippen LogP contribution in [0.4, 0.5) is 4.79 Å². The molecule has 0 fully saturated rings. The Bertz CT molecular complexity index is 592. The summed E-state index contributed by atoms with van der Waals surface area (Å²) in [6, 6.07) is 5.86. The summed E-state index contributed by atoms with van der Waals surface area (Å²) in [5.74, 6) is 0.874. The Morgan fingerprint density at radius 1 is 1.30 bits per heavy atom. The highest BCUT2D eigenvalue weighted by atomic mass is 16.7. The van der Waals surface area contributed by atoms with E-state index in [2.05, 4.69) is 0 Å². The van der Waals surface area contributed by atoms with Gasteiger partial charge in [-0.05, 0) is 29.7 Å². The third-order valence-corrected chi connectivity index (χ3v) is 3.51. The maximum absolute atomic E-state index is 10.9. The maximum atomic E-state index is 10.9. The van der Waals surface area contributed by atoms with Crippen LogP contribution in [0.1, 0.15) is 25.8 Å². The van der Waals surface area contributed by atoms with Crippen molar-refractivity contribution in [1.82, 2.24) is 4.90 Å².